The molecule has 1 fully saturated rings. The zero-order valence-corrected chi connectivity index (χ0v) is 23.3. The Hall–Kier alpha value is -3.81. The van der Waals surface area contributed by atoms with E-state index in [0.29, 0.717) is 0 Å². The second-order valence-electron chi connectivity index (χ2n) is 10.1. The van der Waals surface area contributed by atoms with Crippen molar-refractivity contribution in [1.29, 1.82) is 0 Å². The fourth-order valence-corrected chi connectivity index (χ4v) is 5.24. The predicted octanol–water partition coefficient (Wildman–Crippen LogP) is 0.972. The van der Waals surface area contributed by atoms with Gasteiger partial charge in [-0.15, -0.1) is 0 Å². The number of carbonyl (C=O) groups is 3. The van der Waals surface area contributed by atoms with Gasteiger partial charge in [0.05, 0.1) is 12.7 Å². The minimum Gasteiger partial charge on any atom is -0.460 e. The van der Waals surface area contributed by atoms with Crippen LogP contribution < -0.4 is 10.6 Å². The van der Waals surface area contributed by atoms with E-state index in [2.05, 4.69) is 17.2 Å². The van der Waals surface area contributed by atoms with Crippen molar-refractivity contribution in [3.63, 3.8) is 0 Å². The van der Waals surface area contributed by atoms with E-state index in [1.165, 1.54) is 19.9 Å². The number of hydrogen-bond donors (Lipinski definition) is 5. The summed E-state index contributed by atoms with van der Waals surface area (Å²) in [5, 5.41) is 35.4. The maximum atomic E-state index is 13.0. The van der Waals surface area contributed by atoms with Gasteiger partial charge in [0.2, 0.25) is 5.91 Å². The highest BCUT2D eigenvalue weighted by Gasteiger charge is 2.47. The lowest BCUT2D eigenvalue weighted by molar-refractivity contribution is -0.282. The Balaban J connectivity index is 1.47. The first-order chi connectivity index (χ1) is 20.2. The van der Waals surface area contributed by atoms with Crippen molar-refractivity contribution in [3.05, 3.63) is 72.3 Å². The minimum atomic E-state index is -1.56. The molecule has 2 aromatic rings. The quantitative estimate of drug-likeness (QED) is 0.189. The Bertz CT molecular complexity index is 1240. The number of aliphatic hydroxyl groups is 3. The number of fused-ring (bicyclic) bond motifs is 3. The predicted molar refractivity (Wildman–Crippen MR) is 149 cm³/mol. The van der Waals surface area contributed by atoms with Gasteiger partial charge in [0.1, 0.15) is 37.6 Å². The van der Waals surface area contributed by atoms with Crippen molar-refractivity contribution in [2.45, 2.75) is 62.6 Å². The maximum absolute atomic E-state index is 13.0. The standard InChI is InChI=1S/C30H36N2O10/c1-4-13-39-28(37)24(16(2)41-29-25(31-17(3)34)27(36)26(35)23(14-33)42-29)32-30(38)40-15-22-20-11-7-5-9-18(20)19-10-6-8-12-21(19)22/h4-12,16,22-27,29,33,35-36H,1,13-15H2,2-3H3,(H,31,34)(H,32,38)/t16-,23?,24+,25?,26+,27?,29+/m1/s1. The van der Waals surface area contributed by atoms with Crippen LogP contribution in [0.2, 0.25) is 0 Å². The summed E-state index contributed by atoms with van der Waals surface area (Å²) in [5.41, 5.74) is 4.15. The third-order valence-electron chi connectivity index (χ3n) is 7.28. The van der Waals surface area contributed by atoms with E-state index in [9.17, 15) is 29.7 Å². The minimum absolute atomic E-state index is 0.00211. The van der Waals surface area contributed by atoms with E-state index in [1.807, 2.05) is 48.5 Å². The van der Waals surface area contributed by atoms with E-state index in [0.717, 1.165) is 22.3 Å². The van der Waals surface area contributed by atoms with Crippen LogP contribution in [0.25, 0.3) is 11.1 Å². The lowest BCUT2D eigenvalue weighted by Gasteiger charge is -2.43. The molecule has 42 heavy (non-hydrogen) atoms. The molecule has 12 nitrogen and oxygen atoms in total. The van der Waals surface area contributed by atoms with Gasteiger partial charge in [0.15, 0.2) is 12.3 Å². The number of esters is 1. The number of rotatable bonds is 11. The third-order valence-corrected chi connectivity index (χ3v) is 7.28. The molecule has 5 N–H and O–H groups in total. The Labute approximate surface area is 243 Å². The third kappa shape index (κ3) is 6.80. The molecule has 0 aromatic heterocycles. The fourth-order valence-electron chi connectivity index (χ4n) is 5.24. The smallest absolute Gasteiger partial charge is 0.407 e. The van der Waals surface area contributed by atoms with E-state index < -0.39 is 67.4 Å². The molecule has 3 unspecified atom stereocenters. The van der Waals surface area contributed by atoms with Crippen molar-refractivity contribution < 1.29 is 48.7 Å². The Morgan fingerprint density at radius 1 is 1.02 bits per heavy atom. The highest BCUT2D eigenvalue weighted by Crippen LogP contribution is 2.44. The first kappa shape index (κ1) is 31.1. The molecule has 0 bridgehead atoms. The molecule has 2 amide bonds. The largest absolute Gasteiger partial charge is 0.460 e. The lowest BCUT2D eigenvalue weighted by Crippen LogP contribution is -2.65. The Morgan fingerprint density at radius 2 is 1.64 bits per heavy atom. The summed E-state index contributed by atoms with van der Waals surface area (Å²) in [7, 11) is 0. The number of hydrogen-bond acceptors (Lipinski definition) is 10. The molecular formula is C30H36N2O10. The molecule has 12 heteroatoms. The van der Waals surface area contributed by atoms with Crippen LogP contribution in [0.5, 0.6) is 0 Å². The number of benzene rings is 2. The zero-order valence-electron chi connectivity index (χ0n) is 23.3. The van der Waals surface area contributed by atoms with Crippen molar-refractivity contribution in [2.24, 2.45) is 0 Å². The molecule has 1 aliphatic carbocycles. The Kier molecular flexibility index (Phi) is 10.3. The topological polar surface area (TPSA) is 173 Å². The van der Waals surface area contributed by atoms with Crippen LogP contribution >= 0.6 is 0 Å². The summed E-state index contributed by atoms with van der Waals surface area (Å²) in [6, 6.07) is 13.1. The van der Waals surface area contributed by atoms with Gasteiger partial charge >= 0.3 is 12.1 Å². The van der Waals surface area contributed by atoms with Gasteiger partial charge < -0.3 is 44.9 Å². The summed E-state index contributed by atoms with van der Waals surface area (Å²) in [6.07, 6.45) is -6.41. The SMILES string of the molecule is C=CCOC(=O)[C@@H](NC(=O)OCC1c2ccccc2-c2ccccc21)[C@@H](C)O[C@H]1OC(CO)[C@H](O)C(O)C1NC(C)=O. The number of aliphatic hydroxyl groups excluding tert-OH is 3. The van der Waals surface area contributed by atoms with Gasteiger partial charge in [-0.3, -0.25) is 4.79 Å². The monoisotopic (exact) mass is 584 g/mol. The lowest BCUT2D eigenvalue weighted by atomic mass is 9.96. The molecule has 0 saturated carbocycles. The molecule has 1 aliphatic heterocycles. The van der Waals surface area contributed by atoms with Gasteiger partial charge in [-0.05, 0) is 29.2 Å². The van der Waals surface area contributed by atoms with E-state index in [1.54, 1.807) is 0 Å². The molecular weight excluding hydrogens is 548 g/mol. The second-order valence-corrected chi connectivity index (χ2v) is 10.1. The summed E-state index contributed by atoms with van der Waals surface area (Å²) in [4.78, 5) is 37.7. The van der Waals surface area contributed by atoms with Gasteiger partial charge in [-0.2, -0.15) is 0 Å². The van der Waals surface area contributed by atoms with Crippen LogP contribution in [-0.4, -0.2) is 95.9 Å². The van der Waals surface area contributed by atoms with Gasteiger partial charge in [-0.25, -0.2) is 9.59 Å². The highest BCUT2D eigenvalue weighted by atomic mass is 16.7. The maximum Gasteiger partial charge on any atom is 0.407 e. The highest BCUT2D eigenvalue weighted by molar-refractivity contribution is 5.82. The van der Waals surface area contributed by atoms with Crippen LogP contribution in [-0.2, 0) is 28.5 Å². The van der Waals surface area contributed by atoms with Crippen molar-refractivity contribution in [1.82, 2.24) is 10.6 Å². The molecule has 0 radical (unpaired) electrons. The molecule has 4 rings (SSSR count). The van der Waals surface area contributed by atoms with Crippen LogP contribution in [0.3, 0.4) is 0 Å². The fraction of sp³-hybridized carbons (Fsp3) is 0.433. The Morgan fingerprint density at radius 3 is 2.21 bits per heavy atom. The number of ether oxygens (including phenoxy) is 4. The second kappa shape index (κ2) is 13.9. The van der Waals surface area contributed by atoms with Gasteiger partial charge in [0.25, 0.3) is 0 Å². The average molecular weight is 585 g/mol. The van der Waals surface area contributed by atoms with E-state index >= 15 is 0 Å². The number of alkyl carbamates (subject to hydrolysis) is 1. The van der Waals surface area contributed by atoms with E-state index in [-0.39, 0.29) is 19.1 Å². The van der Waals surface area contributed by atoms with Crippen LogP contribution in [0, 0.1) is 0 Å². The summed E-state index contributed by atoms with van der Waals surface area (Å²) in [6.45, 7) is 5.38. The summed E-state index contributed by atoms with van der Waals surface area (Å²) >= 11 is 0. The first-order valence-corrected chi connectivity index (χ1v) is 13.6. The molecule has 226 valence electrons. The van der Waals surface area contributed by atoms with Crippen LogP contribution in [0.15, 0.2) is 61.2 Å². The average Bonchev–Trinajstić information content (AvgIpc) is 3.30. The summed E-state index contributed by atoms with van der Waals surface area (Å²) < 4.78 is 22.2. The van der Waals surface area contributed by atoms with Crippen LogP contribution in [0.1, 0.15) is 30.9 Å². The first-order valence-electron chi connectivity index (χ1n) is 13.6. The van der Waals surface area contributed by atoms with E-state index in [4.69, 9.17) is 18.9 Å². The molecule has 7 atom stereocenters. The van der Waals surface area contributed by atoms with Crippen molar-refractivity contribution in [3.8, 4) is 11.1 Å². The molecule has 1 heterocycles. The zero-order chi connectivity index (χ0) is 30.4. The van der Waals surface area contributed by atoms with Gasteiger partial charge in [-0.1, -0.05) is 61.2 Å². The number of carbonyl (C=O) groups excluding carboxylic acids is 3. The van der Waals surface area contributed by atoms with Gasteiger partial charge in [0, 0.05) is 12.8 Å². The molecule has 0 spiro atoms. The summed E-state index contributed by atoms with van der Waals surface area (Å²) in [5.74, 6) is -1.61. The van der Waals surface area contributed by atoms with Crippen molar-refractivity contribution in [2.75, 3.05) is 19.8 Å². The van der Waals surface area contributed by atoms with Crippen LogP contribution in [0.4, 0.5) is 4.79 Å². The molecule has 1 saturated heterocycles. The van der Waals surface area contributed by atoms with Crippen molar-refractivity contribution >= 4 is 18.0 Å². The number of nitrogens with one attached hydrogen (secondary N) is 2. The molecule has 2 aromatic carbocycles. The molecule has 2 aliphatic rings. The normalized spacial score (nSPS) is 24.5. The number of amides is 2.